The molecule has 0 spiro atoms. The number of carbonyl (C=O) groups is 1. The van der Waals surface area contributed by atoms with Crippen LogP contribution in [0.2, 0.25) is 0 Å². The van der Waals surface area contributed by atoms with Crippen LogP contribution in [0.25, 0.3) is 5.52 Å². The first kappa shape index (κ1) is 13.4. The van der Waals surface area contributed by atoms with Crippen LogP contribution in [0, 0.1) is 5.92 Å². The van der Waals surface area contributed by atoms with E-state index in [4.69, 9.17) is 0 Å². The van der Waals surface area contributed by atoms with Gasteiger partial charge < -0.3 is 15.0 Å². The van der Waals surface area contributed by atoms with Crippen molar-refractivity contribution < 1.29 is 4.79 Å². The van der Waals surface area contributed by atoms with Crippen LogP contribution < -0.4 is 10.6 Å². The number of amides is 2. The number of fused-ring (bicyclic) bond motifs is 1. The Morgan fingerprint density at radius 1 is 1.37 bits per heavy atom. The summed E-state index contributed by atoms with van der Waals surface area (Å²) in [7, 11) is 0. The molecule has 19 heavy (non-hydrogen) atoms. The fourth-order valence-electron chi connectivity index (χ4n) is 1.83. The largest absolute Gasteiger partial charge is 0.338 e. The maximum Gasteiger partial charge on any atom is 0.314 e. The fourth-order valence-corrected chi connectivity index (χ4v) is 1.83. The summed E-state index contributed by atoms with van der Waals surface area (Å²) < 4.78 is 2.04. The van der Waals surface area contributed by atoms with Crippen LogP contribution in [0.5, 0.6) is 0 Å². The molecule has 0 aromatic carbocycles. The van der Waals surface area contributed by atoms with Crippen molar-refractivity contribution in [3.8, 4) is 0 Å². The van der Waals surface area contributed by atoms with E-state index < -0.39 is 0 Å². The molecule has 0 atom stereocenters. The Morgan fingerprint density at radius 3 is 3.00 bits per heavy atom. The second-order valence-corrected chi connectivity index (χ2v) is 4.95. The van der Waals surface area contributed by atoms with E-state index in [2.05, 4.69) is 29.5 Å². The van der Waals surface area contributed by atoms with Gasteiger partial charge >= 0.3 is 6.03 Å². The lowest BCUT2D eigenvalue weighted by atomic mass is 10.2. The Kier molecular flexibility index (Phi) is 4.39. The summed E-state index contributed by atoms with van der Waals surface area (Å²) in [5.74, 6) is 1.42. The standard InChI is InChI=1S/C14H20N4O/c1-11(2)9-17-14(19)15-7-6-13-16-10-12-5-3-4-8-18(12)13/h3-5,8,10-11H,6-7,9H2,1-2H3,(H2,15,17,19). The lowest BCUT2D eigenvalue weighted by molar-refractivity contribution is 0.239. The summed E-state index contributed by atoms with van der Waals surface area (Å²) >= 11 is 0. The molecule has 5 heteroatoms. The number of pyridine rings is 1. The first-order valence-electron chi connectivity index (χ1n) is 6.59. The Morgan fingerprint density at radius 2 is 2.21 bits per heavy atom. The molecule has 0 saturated carbocycles. The van der Waals surface area contributed by atoms with E-state index in [1.807, 2.05) is 35.0 Å². The molecule has 2 aromatic heterocycles. The number of nitrogens with one attached hydrogen (secondary N) is 2. The minimum absolute atomic E-state index is 0.116. The van der Waals surface area contributed by atoms with Gasteiger partial charge in [0.1, 0.15) is 5.82 Å². The molecule has 0 radical (unpaired) electrons. The molecular formula is C14H20N4O. The van der Waals surface area contributed by atoms with Gasteiger partial charge in [0, 0.05) is 25.7 Å². The van der Waals surface area contributed by atoms with E-state index in [1.54, 1.807) is 0 Å². The average molecular weight is 260 g/mol. The predicted octanol–water partition coefficient (Wildman–Crippen LogP) is 1.83. The third kappa shape index (κ3) is 3.71. The molecule has 0 unspecified atom stereocenters. The zero-order valence-corrected chi connectivity index (χ0v) is 11.4. The number of rotatable bonds is 5. The molecule has 0 saturated heterocycles. The van der Waals surface area contributed by atoms with Crippen LogP contribution in [0.4, 0.5) is 4.79 Å². The van der Waals surface area contributed by atoms with Crippen LogP contribution in [0.3, 0.4) is 0 Å². The number of imidazole rings is 1. The van der Waals surface area contributed by atoms with E-state index in [0.29, 0.717) is 25.4 Å². The number of hydrogen-bond acceptors (Lipinski definition) is 2. The lowest BCUT2D eigenvalue weighted by Gasteiger charge is -2.09. The molecule has 2 heterocycles. The molecule has 5 nitrogen and oxygen atoms in total. The summed E-state index contributed by atoms with van der Waals surface area (Å²) in [5, 5.41) is 5.66. The molecule has 2 amide bonds. The smallest absolute Gasteiger partial charge is 0.314 e. The lowest BCUT2D eigenvalue weighted by Crippen LogP contribution is -2.38. The second-order valence-electron chi connectivity index (χ2n) is 4.95. The van der Waals surface area contributed by atoms with Gasteiger partial charge in [-0.1, -0.05) is 19.9 Å². The highest BCUT2D eigenvalue weighted by Gasteiger charge is 2.04. The van der Waals surface area contributed by atoms with Gasteiger partial charge in [-0.3, -0.25) is 0 Å². The minimum Gasteiger partial charge on any atom is -0.338 e. The average Bonchev–Trinajstić information content (AvgIpc) is 2.80. The number of urea groups is 1. The second kappa shape index (κ2) is 6.22. The predicted molar refractivity (Wildman–Crippen MR) is 75.1 cm³/mol. The van der Waals surface area contributed by atoms with Gasteiger partial charge in [0.25, 0.3) is 0 Å². The van der Waals surface area contributed by atoms with Crippen molar-refractivity contribution in [2.45, 2.75) is 20.3 Å². The summed E-state index contributed by atoms with van der Waals surface area (Å²) in [4.78, 5) is 15.8. The van der Waals surface area contributed by atoms with E-state index in [9.17, 15) is 4.79 Å². The van der Waals surface area contributed by atoms with Gasteiger partial charge in [-0.05, 0) is 18.1 Å². The van der Waals surface area contributed by atoms with Gasteiger partial charge in [-0.15, -0.1) is 0 Å². The highest BCUT2D eigenvalue weighted by atomic mass is 16.2. The number of hydrogen-bond donors (Lipinski definition) is 2. The van der Waals surface area contributed by atoms with Gasteiger partial charge in [0.05, 0.1) is 11.7 Å². The number of nitrogens with zero attached hydrogens (tertiary/aromatic N) is 2. The van der Waals surface area contributed by atoms with E-state index in [1.165, 1.54) is 0 Å². The first-order chi connectivity index (χ1) is 9.16. The topological polar surface area (TPSA) is 58.4 Å². The van der Waals surface area contributed by atoms with Crippen LogP contribution >= 0.6 is 0 Å². The van der Waals surface area contributed by atoms with Gasteiger partial charge in [-0.2, -0.15) is 0 Å². The molecule has 2 N–H and O–H groups in total. The molecule has 2 aromatic rings. The maximum absolute atomic E-state index is 11.5. The van der Waals surface area contributed by atoms with Crippen molar-refractivity contribution in [2.24, 2.45) is 5.92 Å². The van der Waals surface area contributed by atoms with Crippen LogP contribution in [-0.2, 0) is 6.42 Å². The molecule has 102 valence electrons. The normalized spacial score (nSPS) is 10.9. The van der Waals surface area contributed by atoms with Crippen molar-refractivity contribution >= 4 is 11.5 Å². The zero-order chi connectivity index (χ0) is 13.7. The summed E-state index contributed by atoms with van der Waals surface area (Å²) in [5.41, 5.74) is 1.07. The molecule has 2 rings (SSSR count). The van der Waals surface area contributed by atoms with Crippen molar-refractivity contribution in [3.05, 3.63) is 36.4 Å². The molecule has 0 aliphatic heterocycles. The summed E-state index contributed by atoms with van der Waals surface area (Å²) in [6, 6.07) is 5.85. The molecular weight excluding hydrogens is 240 g/mol. The fraction of sp³-hybridized carbons (Fsp3) is 0.429. The van der Waals surface area contributed by atoms with Crippen LogP contribution in [-0.4, -0.2) is 28.5 Å². The van der Waals surface area contributed by atoms with Gasteiger partial charge in [0.15, 0.2) is 0 Å². The highest BCUT2D eigenvalue weighted by Crippen LogP contribution is 2.05. The van der Waals surface area contributed by atoms with Crippen molar-refractivity contribution in [1.29, 1.82) is 0 Å². The number of aromatic nitrogens is 2. The quantitative estimate of drug-likeness (QED) is 0.861. The Bertz CT molecular complexity index is 547. The van der Waals surface area contributed by atoms with Crippen LogP contribution in [0.15, 0.2) is 30.6 Å². The molecule has 0 bridgehead atoms. The monoisotopic (exact) mass is 260 g/mol. The van der Waals surface area contributed by atoms with Gasteiger partial charge in [-0.25, -0.2) is 9.78 Å². The van der Waals surface area contributed by atoms with Crippen molar-refractivity contribution in [1.82, 2.24) is 20.0 Å². The van der Waals surface area contributed by atoms with Crippen molar-refractivity contribution in [3.63, 3.8) is 0 Å². The first-order valence-corrected chi connectivity index (χ1v) is 6.59. The Balaban J connectivity index is 1.81. The third-order valence-corrected chi connectivity index (χ3v) is 2.82. The van der Waals surface area contributed by atoms with E-state index >= 15 is 0 Å². The maximum atomic E-state index is 11.5. The number of carbonyl (C=O) groups excluding carboxylic acids is 1. The SMILES string of the molecule is CC(C)CNC(=O)NCCc1ncc2ccccn12. The molecule has 0 aliphatic rings. The summed E-state index contributed by atoms with van der Waals surface area (Å²) in [6.45, 7) is 5.41. The van der Waals surface area contributed by atoms with Crippen molar-refractivity contribution in [2.75, 3.05) is 13.1 Å². The van der Waals surface area contributed by atoms with Crippen LogP contribution in [0.1, 0.15) is 19.7 Å². The Labute approximate surface area is 113 Å². The highest BCUT2D eigenvalue weighted by molar-refractivity contribution is 5.73. The minimum atomic E-state index is -0.116. The van der Waals surface area contributed by atoms with Gasteiger partial charge in [0.2, 0.25) is 0 Å². The van der Waals surface area contributed by atoms with E-state index in [-0.39, 0.29) is 6.03 Å². The molecule has 0 fully saturated rings. The molecule has 0 aliphatic carbocycles. The third-order valence-electron chi connectivity index (χ3n) is 2.82. The summed E-state index contributed by atoms with van der Waals surface area (Å²) in [6.07, 6.45) is 4.54. The Hall–Kier alpha value is -2.04. The van der Waals surface area contributed by atoms with E-state index in [0.717, 1.165) is 11.3 Å². The zero-order valence-electron chi connectivity index (χ0n) is 11.4.